The molecule has 0 spiro atoms. The summed E-state index contributed by atoms with van der Waals surface area (Å²) in [5, 5.41) is 3.68. The number of hydrogen-bond acceptors (Lipinski definition) is 4. The quantitative estimate of drug-likeness (QED) is 0.602. The average molecular weight is 433 g/mol. The molecule has 0 atom stereocenters. The van der Waals surface area contributed by atoms with Crippen LogP contribution in [0.5, 0.6) is 0 Å². The van der Waals surface area contributed by atoms with Crippen LogP contribution in [0, 0.1) is 13.8 Å². The highest BCUT2D eigenvalue weighted by molar-refractivity contribution is 7.99. The molecule has 0 aromatic heterocycles. The van der Waals surface area contributed by atoms with Crippen LogP contribution in [0.2, 0.25) is 0 Å². The highest BCUT2D eigenvalue weighted by Gasteiger charge is 2.18. The van der Waals surface area contributed by atoms with Gasteiger partial charge < -0.3 is 5.32 Å². The van der Waals surface area contributed by atoms with E-state index in [1.165, 1.54) is 25.7 Å². The fraction of sp³-hybridized carbons (Fsp3) is 0.409. The molecule has 2 aromatic carbocycles. The van der Waals surface area contributed by atoms with E-state index in [4.69, 9.17) is 0 Å². The van der Waals surface area contributed by atoms with Crippen LogP contribution in [0.15, 0.2) is 47.4 Å². The third-order valence-corrected chi connectivity index (χ3v) is 7.96. The average Bonchev–Trinajstić information content (AvgIpc) is 3.20. The van der Waals surface area contributed by atoms with Gasteiger partial charge in [0.05, 0.1) is 10.6 Å². The number of anilines is 1. The molecule has 0 heterocycles. The number of benzene rings is 2. The second-order valence-electron chi connectivity index (χ2n) is 7.43. The molecule has 2 aromatic rings. The van der Waals surface area contributed by atoms with Gasteiger partial charge in [-0.3, -0.25) is 9.52 Å². The molecule has 1 amide bonds. The minimum atomic E-state index is -3.71. The number of rotatable bonds is 8. The van der Waals surface area contributed by atoms with Gasteiger partial charge in [-0.1, -0.05) is 36.6 Å². The Morgan fingerprint density at radius 2 is 1.76 bits per heavy atom. The largest absolute Gasteiger partial charge is 0.351 e. The third-order valence-electron chi connectivity index (χ3n) is 5.20. The number of thioether (sulfide) groups is 1. The maximum atomic E-state index is 12.7. The van der Waals surface area contributed by atoms with Crippen molar-refractivity contribution in [3.05, 3.63) is 59.2 Å². The van der Waals surface area contributed by atoms with Gasteiger partial charge in [0.15, 0.2) is 0 Å². The van der Waals surface area contributed by atoms with Crippen LogP contribution < -0.4 is 10.0 Å². The maximum Gasteiger partial charge on any atom is 0.261 e. The lowest BCUT2D eigenvalue weighted by molar-refractivity contribution is 0.0955. The molecule has 0 saturated heterocycles. The highest BCUT2D eigenvalue weighted by Crippen LogP contribution is 2.29. The Bertz CT molecular complexity index is 951. The third kappa shape index (κ3) is 5.76. The molecule has 0 radical (unpaired) electrons. The van der Waals surface area contributed by atoms with Gasteiger partial charge in [-0.25, -0.2) is 8.42 Å². The Hall–Kier alpha value is -1.99. The number of aryl methyl sites for hydroxylation is 1. The van der Waals surface area contributed by atoms with E-state index in [-0.39, 0.29) is 10.8 Å². The monoisotopic (exact) mass is 432 g/mol. The van der Waals surface area contributed by atoms with E-state index in [1.54, 1.807) is 49.4 Å². The van der Waals surface area contributed by atoms with E-state index < -0.39 is 10.0 Å². The van der Waals surface area contributed by atoms with Crippen molar-refractivity contribution in [2.45, 2.75) is 49.7 Å². The molecule has 1 saturated carbocycles. The van der Waals surface area contributed by atoms with E-state index in [9.17, 15) is 13.2 Å². The van der Waals surface area contributed by atoms with Crippen molar-refractivity contribution in [2.75, 3.05) is 17.0 Å². The number of sulfonamides is 1. The zero-order chi connectivity index (χ0) is 20.9. The first-order valence-electron chi connectivity index (χ1n) is 9.96. The zero-order valence-electron chi connectivity index (χ0n) is 16.9. The van der Waals surface area contributed by atoms with Gasteiger partial charge in [0.25, 0.3) is 15.9 Å². The first-order valence-corrected chi connectivity index (χ1v) is 12.5. The minimum Gasteiger partial charge on any atom is -0.351 e. The highest BCUT2D eigenvalue weighted by atomic mass is 32.2. The molecule has 0 aliphatic heterocycles. The van der Waals surface area contributed by atoms with Gasteiger partial charge in [-0.2, -0.15) is 11.8 Å². The van der Waals surface area contributed by atoms with Crippen molar-refractivity contribution in [1.29, 1.82) is 0 Å². The van der Waals surface area contributed by atoms with E-state index >= 15 is 0 Å². The standard InChI is InChI=1S/C22H28N2O3S2/c1-16-10-12-19(13-11-16)29(26,27)24-21-9-5-8-20(17(21)2)22(25)23-14-15-28-18-6-3-4-7-18/h5,8-13,18,24H,3-4,6-7,14-15H2,1-2H3,(H,23,25). The topological polar surface area (TPSA) is 75.3 Å². The van der Waals surface area contributed by atoms with Crippen molar-refractivity contribution in [3.63, 3.8) is 0 Å². The molecule has 156 valence electrons. The molecular weight excluding hydrogens is 404 g/mol. The van der Waals surface area contributed by atoms with Gasteiger partial charge in [-0.15, -0.1) is 0 Å². The lowest BCUT2D eigenvalue weighted by Gasteiger charge is -2.14. The van der Waals surface area contributed by atoms with Crippen LogP contribution in [0.4, 0.5) is 5.69 Å². The Balaban J connectivity index is 1.63. The minimum absolute atomic E-state index is 0.175. The first kappa shape index (κ1) is 21.7. The summed E-state index contributed by atoms with van der Waals surface area (Å²) < 4.78 is 27.9. The van der Waals surface area contributed by atoms with Crippen molar-refractivity contribution >= 4 is 33.4 Å². The summed E-state index contributed by atoms with van der Waals surface area (Å²) in [5.41, 5.74) is 2.51. The van der Waals surface area contributed by atoms with E-state index in [2.05, 4.69) is 10.0 Å². The van der Waals surface area contributed by atoms with Crippen molar-refractivity contribution in [1.82, 2.24) is 5.32 Å². The normalized spacial score (nSPS) is 14.7. The van der Waals surface area contributed by atoms with Crippen LogP contribution in [0.1, 0.15) is 47.2 Å². The SMILES string of the molecule is Cc1ccc(S(=O)(=O)Nc2cccc(C(=O)NCCSC3CCCC3)c2C)cc1. The van der Waals surface area contributed by atoms with Crippen LogP contribution in [-0.4, -0.2) is 31.9 Å². The molecule has 3 rings (SSSR count). The molecular formula is C22H28N2O3S2. The molecule has 5 nitrogen and oxygen atoms in total. The molecule has 1 aliphatic rings. The fourth-order valence-electron chi connectivity index (χ4n) is 3.45. The van der Waals surface area contributed by atoms with E-state index in [0.717, 1.165) is 16.6 Å². The van der Waals surface area contributed by atoms with Crippen LogP contribution in [0.25, 0.3) is 0 Å². The molecule has 29 heavy (non-hydrogen) atoms. The number of nitrogens with one attached hydrogen (secondary N) is 2. The summed E-state index contributed by atoms with van der Waals surface area (Å²) in [5.74, 6) is 0.723. The Labute approximate surface area is 177 Å². The van der Waals surface area contributed by atoms with Crippen molar-refractivity contribution in [3.8, 4) is 0 Å². The smallest absolute Gasteiger partial charge is 0.261 e. The number of hydrogen-bond donors (Lipinski definition) is 2. The summed E-state index contributed by atoms with van der Waals surface area (Å²) in [7, 11) is -3.71. The molecule has 2 N–H and O–H groups in total. The Kier molecular flexibility index (Phi) is 7.24. The van der Waals surface area contributed by atoms with Crippen LogP contribution in [-0.2, 0) is 10.0 Å². The predicted molar refractivity (Wildman–Crippen MR) is 120 cm³/mol. The first-order chi connectivity index (χ1) is 13.9. The van der Waals surface area contributed by atoms with Gasteiger partial charge in [0.1, 0.15) is 0 Å². The van der Waals surface area contributed by atoms with Gasteiger partial charge in [0, 0.05) is 23.1 Å². The zero-order valence-corrected chi connectivity index (χ0v) is 18.5. The van der Waals surface area contributed by atoms with E-state index in [0.29, 0.717) is 23.4 Å². The molecule has 0 unspecified atom stereocenters. The summed E-state index contributed by atoms with van der Waals surface area (Å²) in [6.07, 6.45) is 5.19. The Morgan fingerprint density at radius 1 is 1.07 bits per heavy atom. The van der Waals surface area contributed by atoms with Gasteiger partial charge >= 0.3 is 0 Å². The molecule has 0 bridgehead atoms. The van der Waals surface area contributed by atoms with Gasteiger partial charge in [-0.05, 0) is 56.5 Å². The summed E-state index contributed by atoms with van der Waals surface area (Å²) in [6, 6.07) is 11.8. The van der Waals surface area contributed by atoms with E-state index in [1.807, 2.05) is 18.7 Å². The lowest BCUT2D eigenvalue weighted by Crippen LogP contribution is -2.27. The Morgan fingerprint density at radius 3 is 2.45 bits per heavy atom. The van der Waals surface area contributed by atoms with Crippen molar-refractivity contribution in [2.24, 2.45) is 0 Å². The lowest BCUT2D eigenvalue weighted by atomic mass is 10.1. The van der Waals surface area contributed by atoms with Crippen LogP contribution >= 0.6 is 11.8 Å². The molecule has 1 fully saturated rings. The summed E-state index contributed by atoms with van der Waals surface area (Å²) in [4.78, 5) is 12.8. The number of carbonyl (C=O) groups is 1. The maximum absolute atomic E-state index is 12.7. The number of carbonyl (C=O) groups excluding carboxylic acids is 1. The number of amides is 1. The van der Waals surface area contributed by atoms with Crippen LogP contribution in [0.3, 0.4) is 0 Å². The fourth-order valence-corrected chi connectivity index (χ4v) is 5.80. The summed E-state index contributed by atoms with van der Waals surface area (Å²) in [6.45, 7) is 4.27. The molecule has 1 aliphatic carbocycles. The summed E-state index contributed by atoms with van der Waals surface area (Å²) >= 11 is 1.93. The second-order valence-corrected chi connectivity index (χ2v) is 10.5. The van der Waals surface area contributed by atoms with Gasteiger partial charge in [0.2, 0.25) is 0 Å². The van der Waals surface area contributed by atoms with Crippen molar-refractivity contribution < 1.29 is 13.2 Å². The second kappa shape index (κ2) is 9.67. The molecule has 7 heteroatoms. The predicted octanol–water partition coefficient (Wildman–Crippen LogP) is 4.51.